The van der Waals surface area contributed by atoms with E-state index in [9.17, 15) is 4.79 Å². The van der Waals surface area contributed by atoms with E-state index in [2.05, 4.69) is 16.9 Å². The van der Waals surface area contributed by atoms with Crippen LogP contribution in [0.15, 0.2) is 11.4 Å². The second kappa shape index (κ2) is 6.64. The monoisotopic (exact) mass is 361 g/mol. The van der Waals surface area contributed by atoms with E-state index in [-0.39, 0.29) is 11.2 Å². The normalized spacial score (nSPS) is 21.9. The molecule has 0 bridgehead atoms. The number of carbonyl (C=O) groups is 1. The molecule has 0 aromatic carbocycles. The van der Waals surface area contributed by atoms with E-state index in [1.807, 2.05) is 23.2 Å². The van der Waals surface area contributed by atoms with Crippen LogP contribution in [0.2, 0.25) is 0 Å². The molecule has 0 spiro atoms. The molecular weight excluding hydrogens is 338 g/mol. The molecule has 0 unspecified atom stereocenters. The van der Waals surface area contributed by atoms with Crippen LogP contribution in [0.5, 0.6) is 0 Å². The van der Waals surface area contributed by atoms with Crippen LogP contribution >= 0.6 is 23.1 Å². The molecule has 2 aromatic heterocycles. The number of thioether (sulfide) groups is 1. The van der Waals surface area contributed by atoms with Crippen LogP contribution in [-0.2, 0) is 17.6 Å². The summed E-state index contributed by atoms with van der Waals surface area (Å²) < 4.78 is 0. The van der Waals surface area contributed by atoms with E-state index in [4.69, 9.17) is 0 Å². The summed E-state index contributed by atoms with van der Waals surface area (Å²) in [4.78, 5) is 26.2. The van der Waals surface area contributed by atoms with Crippen molar-refractivity contribution >= 4 is 39.2 Å². The molecule has 0 saturated carbocycles. The van der Waals surface area contributed by atoms with Crippen molar-refractivity contribution in [1.29, 1.82) is 0 Å². The summed E-state index contributed by atoms with van der Waals surface area (Å²) in [6.07, 6.45) is 7.44. The van der Waals surface area contributed by atoms with Gasteiger partial charge in [0.05, 0.1) is 5.25 Å². The summed E-state index contributed by atoms with van der Waals surface area (Å²) >= 11 is 3.43. The van der Waals surface area contributed by atoms with Crippen molar-refractivity contribution in [3.8, 4) is 0 Å². The molecule has 0 radical (unpaired) electrons. The number of thiophene rings is 1. The van der Waals surface area contributed by atoms with Gasteiger partial charge in [0.2, 0.25) is 5.91 Å². The van der Waals surface area contributed by atoms with Crippen LogP contribution < -0.4 is 0 Å². The average Bonchev–Trinajstić information content (AvgIpc) is 3.21. The number of nitrogens with zero attached hydrogens (tertiary/aromatic N) is 3. The highest BCUT2D eigenvalue weighted by Gasteiger charge is 2.27. The fourth-order valence-corrected chi connectivity index (χ4v) is 6.19. The Morgan fingerprint density at radius 3 is 2.96 bits per heavy atom. The maximum absolute atomic E-state index is 12.6. The Labute approximate surface area is 151 Å². The molecule has 2 aliphatic rings. The molecule has 1 amide bonds. The largest absolute Gasteiger partial charge is 0.342 e. The average molecular weight is 362 g/mol. The molecule has 1 aliphatic carbocycles. The number of rotatable bonds is 3. The molecular formula is C18H23N3OS2. The van der Waals surface area contributed by atoms with Gasteiger partial charge >= 0.3 is 0 Å². The van der Waals surface area contributed by atoms with Gasteiger partial charge in [-0.2, -0.15) is 0 Å². The summed E-state index contributed by atoms with van der Waals surface area (Å²) in [5.41, 5.74) is 1.44. The third kappa shape index (κ3) is 2.94. The molecule has 6 heteroatoms. The summed E-state index contributed by atoms with van der Waals surface area (Å²) in [6, 6.07) is 0. The molecule has 4 rings (SSSR count). The zero-order valence-electron chi connectivity index (χ0n) is 14.2. The van der Waals surface area contributed by atoms with Crippen molar-refractivity contribution in [2.24, 2.45) is 5.92 Å². The molecule has 2 aromatic rings. The number of hydrogen-bond donors (Lipinski definition) is 0. The molecule has 1 fully saturated rings. The Balaban J connectivity index is 1.63. The highest BCUT2D eigenvalue weighted by atomic mass is 32.2. The predicted octanol–water partition coefficient (Wildman–Crippen LogP) is 3.92. The zero-order chi connectivity index (χ0) is 16.7. The summed E-state index contributed by atoms with van der Waals surface area (Å²) in [7, 11) is 0. The van der Waals surface area contributed by atoms with E-state index in [1.165, 1.54) is 22.2 Å². The molecule has 0 N–H and O–H groups in total. The third-order valence-electron chi connectivity index (χ3n) is 5.11. The second-order valence-electron chi connectivity index (χ2n) is 7.00. The number of aryl methyl sites for hydroxylation is 1. The van der Waals surface area contributed by atoms with Gasteiger partial charge in [0.25, 0.3) is 0 Å². The minimum absolute atomic E-state index is 0.0840. The lowest BCUT2D eigenvalue weighted by atomic mass is 9.89. The third-order valence-corrected chi connectivity index (χ3v) is 7.36. The first-order valence-corrected chi connectivity index (χ1v) is 10.5. The fraction of sp³-hybridized carbons (Fsp3) is 0.611. The second-order valence-corrected chi connectivity index (χ2v) is 9.42. The number of fused-ring (bicyclic) bond motifs is 3. The van der Waals surface area contributed by atoms with E-state index in [0.29, 0.717) is 0 Å². The van der Waals surface area contributed by atoms with Crippen molar-refractivity contribution in [2.75, 3.05) is 13.1 Å². The van der Waals surface area contributed by atoms with Crippen molar-refractivity contribution < 1.29 is 4.79 Å². The highest BCUT2D eigenvalue weighted by Crippen LogP contribution is 2.41. The number of hydrogen-bond acceptors (Lipinski definition) is 5. The van der Waals surface area contributed by atoms with Gasteiger partial charge in [-0.1, -0.05) is 18.7 Å². The maximum Gasteiger partial charge on any atom is 0.235 e. The molecule has 1 saturated heterocycles. The Bertz CT molecular complexity index is 767. The summed E-state index contributed by atoms with van der Waals surface area (Å²) in [5.74, 6) is 1.01. The Hall–Kier alpha value is -1.14. The maximum atomic E-state index is 12.6. The van der Waals surface area contributed by atoms with Crippen LogP contribution in [0.25, 0.3) is 10.2 Å². The van der Waals surface area contributed by atoms with Crippen LogP contribution in [-0.4, -0.2) is 39.1 Å². The van der Waals surface area contributed by atoms with Gasteiger partial charge in [0.1, 0.15) is 16.2 Å². The van der Waals surface area contributed by atoms with Crippen molar-refractivity contribution in [1.82, 2.24) is 14.9 Å². The zero-order valence-corrected chi connectivity index (χ0v) is 15.9. The highest BCUT2D eigenvalue weighted by molar-refractivity contribution is 8.00. The van der Waals surface area contributed by atoms with Crippen molar-refractivity contribution in [3.63, 3.8) is 0 Å². The Kier molecular flexibility index (Phi) is 4.52. The van der Waals surface area contributed by atoms with Crippen molar-refractivity contribution in [2.45, 2.75) is 56.2 Å². The number of carbonyl (C=O) groups excluding carboxylic acids is 1. The lowest BCUT2D eigenvalue weighted by Crippen LogP contribution is -2.34. The first kappa shape index (κ1) is 16.3. The summed E-state index contributed by atoms with van der Waals surface area (Å²) in [5, 5.41) is 2.13. The van der Waals surface area contributed by atoms with Gasteiger partial charge < -0.3 is 4.90 Å². The first-order chi connectivity index (χ1) is 11.6. The predicted molar refractivity (Wildman–Crippen MR) is 99.7 cm³/mol. The van der Waals surface area contributed by atoms with Crippen molar-refractivity contribution in [3.05, 3.63) is 16.8 Å². The van der Waals surface area contributed by atoms with Gasteiger partial charge in [-0.25, -0.2) is 9.97 Å². The number of aromatic nitrogens is 2. The molecule has 3 heterocycles. The lowest BCUT2D eigenvalue weighted by molar-refractivity contribution is -0.129. The molecule has 24 heavy (non-hydrogen) atoms. The number of likely N-dealkylation sites (tertiary alicyclic amines) is 1. The first-order valence-electron chi connectivity index (χ1n) is 8.84. The van der Waals surface area contributed by atoms with Gasteiger partial charge in [-0.05, 0) is 50.5 Å². The Morgan fingerprint density at radius 2 is 2.17 bits per heavy atom. The topological polar surface area (TPSA) is 46.1 Å². The van der Waals surface area contributed by atoms with Gasteiger partial charge in [-0.3, -0.25) is 4.79 Å². The molecule has 128 valence electrons. The van der Waals surface area contributed by atoms with E-state index in [1.54, 1.807) is 18.1 Å². The quantitative estimate of drug-likeness (QED) is 0.614. The molecule has 2 atom stereocenters. The van der Waals surface area contributed by atoms with Gasteiger partial charge in [0.15, 0.2) is 0 Å². The van der Waals surface area contributed by atoms with E-state index < -0.39 is 0 Å². The minimum Gasteiger partial charge on any atom is -0.342 e. The van der Waals surface area contributed by atoms with Crippen LogP contribution in [0.1, 0.15) is 43.6 Å². The van der Waals surface area contributed by atoms with Crippen LogP contribution in [0.3, 0.4) is 0 Å². The molecule has 4 nitrogen and oxygen atoms in total. The minimum atomic E-state index is -0.0840. The smallest absolute Gasteiger partial charge is 0.235 e. The number of amides is 1. The van der Waals surface area contributed by atoms with Gasteiger partial charge in [0, 0.05) is 23.4 Å². The SMILES string of the molecule is C[C@@H]1CCc2c(sc3ncnc(S[C@H](C)C(=O)N4CCCC4)c23)C1. The van der Waals surface area contributed by atoms with Crippen LogP contribution in [0, 0.1) is 5.92 Å². The van der Waals surface area contributed by atoms with Gasteiger partial charge in [-0.15, -0.1) is 11.3 Å². The molecule has 1 aliphatic heterocycles. The summed E-state index contributed by atoms with van der Waals surface area (Å²) in [6.45, 7) is 6.16. The van der Waals surface area contributed by atoms with Crippen LogP contribution in [0.4, 0.5) is 0 Å². The Morgan fingerprint density at radius 1 is 1.38 bits per heavy atom. The van der Waals surface area contributed by atoms with E-state index >= 15 is 0 Å². The van der Waals surface area contributed by atoms with E-state index in [0.717, 1.165) is 54.5 Å². The standard InChI is InChI=1S/C18H23N3OS2/c1-11-5-6-13-14(9-11)24-17-15(13)16(19-10-20-17)23-12(2)18(22)21-7-3-4-8-21/h10-12H,3-9H2,1-2H3/t11-,12-/m1/s1. The lowest BCUT2D eigenvalue weighted by Gasteiger charge is -2.20. The fourth-order valence-electron chi connectivity index (χ4n) is 3.75.